The van der Waals surface area contributed by atoms with Gasteiger partial charge in [0.15, 0.2) is 0 Å². The van der Waals surface area contributed by atoms with Crippen molar-refractivity contribution in [2.75, 3.05) is 0 Å². The van der Waals surface area contributed by atoms with Crippen molar-refractivity contribution in [3.63, 3.8) is 0 Å². The van der Waals surface area contributed by atoms with Crippen LogP contribution in [0.1, 0.15) is 24.6 Å². The van der Waals surface area contributed by atoms with Crippen LogP contribution in [0.2, 0.25) is 0 Å². The van der Waals surface area contributed by atoms with Gasteiger partial charge in [0.05, 0.1) is 6.54 Å². The molecule has 2 rings (SSSR count). The zero-order valence-corrected chi connectivity index (χ0v) is 11.3. The Morgan fingerprint density at radius 1 is 1.35 bits per heavy atom. The highest BCUT2D eigenvalue weighted by molar-refractivity contribution is 9.10. The molecule has 17 heavy (non-hydrogen) atoms. The highest BCUT2D eigenvalue weighted by Crippen LogP contribution is 2.12. The van der Waals surface area contributed by atoms with Crippen LogP contribution in [-0.2, 0) is 13.0 Å². The monoisotopic (exact) mass is 294 g/mol. The Kier molecular flexibility index (Phi) is 3.84. The predicted octanol–water partition coefficient (Wildman–Crippen LogP) is 2.94. The molecule has 1 aromatic heterocycles. The fourth-order valence-corrected chi connectivity index (χ4v) is 2.27. The minimum absolute atomic E-state index is 0.0356. The van der Waals surface area contributed by atoms with E-state index >= 15 is 0 Å². The van der Waals surface area contributed by atoms with E-state index in [0.29, 0.717) is 6.54 Å². The van der Waals surface area contributed by atoms with Crippen LogP contribution in [0.25, 0.3) is 0 Å². The van der Waals surface area contributed by atoms with E-state index in [9.17, 15) is 4.79 Å². The first-order chi connectivity index (χ1) is 8.19. The van der Waals surface area contributed by atoms with Crippen molar-refractivity contribution in [2.45, 2.75) is 26.3 Å². The standard InChI is InChI=1S/C13H15BrN2O/c1-2-4-12-8-13(17)16(15-12)9-10-5-3-6-11(14)7-10/h3,5-8,15H,2,4,9H2,1H3. The molecule has 0 radical (unpaired) electrons. The van der Waals surface area contributed by atoms with Gasteiger partial charge in [-0.25, -0.2) is 4.68 Å². The van der Waals surface area contributed by atoms with Crippen molar-refractivity contribution in [2.24, 2.45) is 0 Å². The number of halogens is 1. The van der Waals surface area contributed by atoms with Crippen LogP contribution in [0.5, 0.6) is 0 Å². The first-order valence-electron chi connectivity index (χ1n) is 5.72. The number of aromatic nitrogens is 2. The van der Waals surface area contributed by atoms with Crippen LogP contribution in [-0.4, -0.2) is 9.78 Å². The smallest absolute Gasteiger partial charge is 0.267 e. The lowest BCUT2D eigenvalue weighted by molar-refractivity contribution is 0.648. The highest BCUT2D eigenvalue weighted by atomic mass is 79.9. The molecule has 3 nitrogen and oxygen atoms in total. The summed E-state index contributed by atoms with van der Waals surface area (Å²) in [4.78, 5) is 11.7. The summed E-state index contributed by atoms with van der Waals surface area (Å²) in [7, 11) is 0. The number of hydrogen-bond acceptors (Lipinski definition) is 1. The second kappa shape index (κ2) is 5.36. The number of benzene rings is 1. The molecule has 0 unspecified atom stereocenters. The average molecular weight is 295 g/mol. The molecule has 0 saturated carbocycles. The van der Waals surface area contributed by atoms with Gasteiger partial charge in [0, 0.05) is 16.2 Å². The maximum absolute atomic E-state index is 11.7. The Balaban J connectivity index is 2.21. The van der Waals surface area contributed by atoms with Gasteiger partial charge in [-0.3, -0.25) is 9.89 Å². The van der Waals surface area contributed by atoms with E-state index < -0.39 is 0 Å². The number of rotatable bonds is 4. The molecular formula is C13H15BrN2O. The van der Waals surface area contributed by atoms with Crippen molar-refractivity contribution in [1.82, 2.24) is 9.78 Å². The number of aryl methyl sites for hydroxylation is 1. The fourth-order valence-electron chi connectivity index (χ4n) is 1.82. The lowest BCUT2D eigenvalue weighted by Gasteiger charge is -2.03. The quantitative estimate of drug-likeness (QED) is 0.925. The molecule has 0 aliphatic heterocycles. The third-order valence-corrected chi connectivity index (χ3v) is 3.08. The molecule has 1 heterocycles. The molecule has 0 aliphatic carbocycles. The molecule has 0 saturated heterocycles. The van der Waals surface area contributed by atoms with Gasteiger partial charge in [0.25, 0.3) is 5.56 Å². The zero-order chi connectivity index (χ0) is 12.3. The number of H-pyrrole nitrogens is 1. The van der Waals surface area contributed by atoms with E-state index in [4.69, 9.17) is 0 Å². The maximum Gasteiger partial charge on any atom is 0.267 e. The summed E-state index contributed by atoms with van der Waals surface area (Å²) in [6.45, 7) is 2.69. The van der Waals surface area contributed by atoms with Crippen LogP contribution in [0, 0.1) is 0 Å². The summed E-state index contributed by atoms with van der Waals surface area (Å²) in [5.74, 6) is 0. The van der Waals surface area contributed by atoms with Gasteiger partial charge >= 0.3 is 0 Å². The Labute approximate surface area is 109 Å². The minimum Gasteiger partial charge on any atom is -0.299 e. The first-order valence-corrected chi connectivity index (χ1v) is 6.51. The van der Waals surface area contributed by atoms with Gasteiger partial charge in [-0.2, -0.15) is 0 Å². The molecule has 0 bridgehead atoms. The molecule has 2 aromatic rings. The summed E-state index contributed by atoms with van der Waals surface area (Å²) in [6.07, 6.45) is 1.96. The van der Waals surface area contributed by atoms with Crippen molar-refractivity contribution >= 4 is 15.9 Å². The Hall–Kier alpha value is -1.29. The summed E-state index contributed by atoms with van der Waals surface area (Å²) in [6, 6.07) is 9.66. The SMILES string of the molecule is CCCc1cc(=O)n(Cc2cccc(Br)c2)[nH]1. The highest BCUT2D eigenvalue weighted by Gasteiger charge is 2.03. The van der Waals surface area contributed by atoms with E-state index in [2.05, 4.69) is 28.0 Å². The molecule has 0 atom stereocenters. The van der Waals surface area contributed by atoms with Crippen LogP contribution in [0.15, 0.2) is 39.6 Å². The zero-order valence-electron chi connectivity index (χ0n) is 9.74. The summed E-state index contributed by atoms with van der Waals surface area (Å²) >= 11 is 3.43. The van der Waals surface area contributed by atoms with Gasteiger partial charge in [0.1, 0.15) is 0 Å². The lowest BCUT2D eigenvalue weighted by Crippen LogP contribution is -2.16. The Morgan fingerprint density at radius 3 is 2.88 bits per heavy atom. The Morgan fingerprint density at radius 2 is 2.18 bits per heavy atom. The lowest BCUT2D eigenvalue weighted by atomic mass is 10.2. The molecule has 1 N–H and O–H groups in total. The van der Waals surface area contributed by atoms with E-state index in [1.807, 2.05) is 24.3 Å². The topological polar surface area (TPSA) is 37.8 Å². The van der Waals surface area contributed by atoms with Crippen molar-refractivity contribution in [3.05, 3.63) is 56.4 Å². The molecule has 0 aliphatic rings. The summed E-state index contributed by atoms with van der Waals surface area (Å²) in [5.41, 5.74) is 2.15. The van der Waals surface area contributed by atoms with Crippen molar-refractivity contribution in [3.8, 4) is 0 Å². The maximum atomic E-state index is 11.7. The van der Waals surface area contributed by atoms with Gasteiger partial charge in [0.2, 0.25) is 0 Å². The molecule has 1 aromatic carbocycles. The minimum atomic E-state index is 0.0356. The van der Waals surface area contributed by atoms with Crippen molar-refractivity contribution in [1.29, 1.82) is 0 Å². The molecule has 0 fully saturated rings. The van der Waals surface area contributed by atoms with Gasteiger partial charge in [-0.05, 0) is 24.1 Å². The fraction of sp³-hybridized carbons (Fsp3) is 0.308. The second-order valence-corrected chi connectivity index (χ2v) is 5.00. The third kappa shape index (κ3) is 3.09. The largest absolute Gasteiger partial charge is 0.299 e. The van der Waals surface area contributed by atoms with Crippen LogP contribution < -0.4 is 5.56 Å². The summed E-state index contributed by atoms with van der Waals surface area (Å²) in [5, 5.41) is 3.14. The van der Waals surface area contributed by atoms with E-state index in [0.717, 1.165) is 28.6 Å². The molecule has 0 amide bonds. The molecular weight excluding hydrogens is 280 g/mol. The molecule has 90 valence electrons. The normalized spacial score (nSPS) is 10.7. The predicted molar refractivity (Wildman–Crippen MR) is 72.3 cm³/mol. The van der Waals surface area contributed by atoms with Gasteiger partial charge < -0.3 is 0 Å². The van der Waals surface area contributed by atoms with E-state index in [1.165, 1.54) is 0 Å². The second-order valence-electron chi connectivity index (χ2n) is 4.09. The first kappa shape index (κ1) is 12.2. The van der Waals surface area contributed by atoms with Gasteiger partial charge in [-0.15, -0.1) is 0 Å². The number of aromatic amines is 1. The van der Waals surface area contributed by atoms with Crippen molar-refractivity contribution < 1.29 is 0 Å². The van der Waals surface area contributed by atoms with Crippen LogP contribution in [0.4, 0.5) is 0 Å². The average Bonchev–Trinajstić information content (AvgIpc) is 2.60. The van der Waals surface area contributed by atoms with Crippen LogP contribution in [0.3, 0.4) is 0 Å². The summed E-state index contributed by atoms with van der Waals surface area (Å²) < 4.78 is 2.68. The third-order valence-electron chi connectivity index (χ3n) is 2.59. The van der Waals surface area contributed by atoms with E-state index in [-0.39, 0.29) is 5.56 Å². The van der Waals surface area contributed by atoms with E-state index in [1.54, 1.807) is 10.7 Å². The number of nitrogens with one attached hydrogen (secondary N) is 1. The number of nitrogens with zero attached hydrogens (tertiary/aromatic N) is 1. The van der Waals surface area contributed by atoms with Gasteiger partial charge in [-0.1, -0.05) is 41.4 Å². The number of hydrogen-bond donors (Lipinski definition) is 1. The Bertz CT molecular complexity index is 557. The van der Waals surface area contributed by atoms with Crippen LogP contribution >= 0.6 is 15.9 Å². The molecule has 0 spiro atoms. The molecule has 4 heteroatoms.